The molecule has 0 radical (unpaired) electrons. The molecule has 0 saturated carbocycles. The molecule has 1 N–H and O–H groups in total. The number of amides is 2. The molecule has 1 heterocycles. The van der Waals surface area contributed by atoms with Crippen LogP contribution in [0.15, 0.2) is 48.7 Å². The van der Waals surface area contributed by atoms with Crippen LogP contribution in [-0.2, 0) is 0 Å². The lowest BCUT2D eigenvalue weighted by atomic mass is 9.98. The fourth-order valence-corrected chi connectivity index (χ4v) is 2.50. The number of benzene rings is 2. The smallest absolute Gasteiger partial charge is 0.322 e. The van der Waals surface area contributed by atoms with Crippen LogP contribution in [0, 0.1) is 12.7 Å². The summed E-state index contributed by atoms with van der Waals surface area (Å²) < 4.78 is 13.5. The molecule has 0 aliphatic carbocycles. The van der Waals surface area contributed by atoms with Crippen LogP contribution in [0.1, 0.15) is 5.56 Å². The molecule has 122 valence electrons. The second-order valence-electron chi connectivity index (χ2n) is 5.92. The van der Waals surface area contributed by atoms with Crippen molar-refractivity contribution in [1.82, 2.24) is 9.88 Å². The molecule has 0 unspecified atom stereocenters. The van der Waals surface area contributed by atoms with Crippen molar-refractivity contribution in [1.29, 1.82) is 0 Å². The average Bonchev–Trinajstić information content (AvgIpc) is 2.56. The maximum atomic E-state index is 13.5. The van der Waals surface area contributed by atoms with Crippen LogP contribution in [0.3, 0.4) is 0 Å². The van der Waals surface area contributed by atoms with Crippen molar-refractivity contribution in [3.63, 3.8) is 0 Å². The number of nitrogens with one attached hydrogen (secondary N) is 1. The summed E-state index contributed by atoms with van der Waals surface area (Å²) in [5.74, 6) is 0.242. The molecular weight excluding hydrogens is 305 g/mol. The molecule has 0 aliphatic rings. The maximum absolute atomic E-state index is 13.5. The number of pyridine rings is 1. The molecular formula is C19H18FN3O. The molecule has 0 aliphatic heterocycles. The molecule has 24 heavy (non-hydrogen) atoms. The largest absolute Gasteiger partial charge is 0.331 e. The molecule has 0 bridgehead atoms. The van der Waals surface area contributed by atoms with Gasteiger partial charge >= 0.3 is 6.03 Å². The summed E-state index contributed by atoms with van der Waals surface area (Å²) >= 11 is 0. The number of urea groups is 1. The van der Waals surface area contributed by atoms with E-state index in [1.54, 1.807) is 26.4 Å². The topological polar surface area (TPSA) is 45.2 Å². The van der Waals surface area contributed by atoms with Crippen molar-refractivity contribution in [2.75, 3.05) is 19.4 Å². The molecule has 4 nitrogen and oxygen atoms in total. The highest BCUT2D eigenvalue weighted by Crippen LogP contribution is 2.28. The summed E-state index contributed by atoms with van der Waals surface area (Å²) in [5, 5.41) is 4.61. The molecule has 1 aromatic heterocycles. The van der Waals surface area contributed by atoms with Crippen LogP contribution in [0.5, 0.6) is 0 Å². The minimum Gasteiger partial charge on any atom is -0.331 e. The van der Waals surface area contributed by atoms with Gasteiger partial charge in [0.1, 0.15) is 11.6 Å². The van der Waals surface area contributed by atoms with Crippen LogP contribution >= 0.6 is 0 Å². The van der Waals surface area contributed by atoms with E-state index >= 15 is 0 Å². The number of anilines is 1. The Morgan fingerprint density at radius 3 is 2.62 bits per heavy atom. The van der Waals surface area contributed by atoms with Gasteiger partial charge in [-0.2, -0.15) is 0 Å². The minimum atomic E-state index is -0.254. The van der Waals surface area contributed by atoms with Crippen molar-refractivity contribution in [2.45, 2.75) is 6.92 Å². The summed E-state index contributed by atoms with van der Waals surface area (Å²) in [6.45, 7) is 1.96. The Hall–Kier alpha value is -2.95. The van der Waals surface area contributed by atoms with Gasteiger partial charge in [0.2, 0.25) is 0 Å². The molecule has 5 heteroatoms. The lowest BCUT2D eigenvalue weighted by Gasteiger charge is -2.12. The SMILES string of the molecule is Cc1ccc(F)cc1-c1ccc2cc(NC(=O)N(C)C)ncc2c1. The van der Waals surface area contributed by atoms with Gasteiger partial charge in [-0.25, -0.2) is 14.2 Å². The molecule has 3 rings (SSSR count). The third kappa shape index (κ3) is 3.20. The van der Waals surface area contributed by atoms with Crippen molar-refractivity contribution < 1.29 is 9.18 Å². The molecule has 0 spiro atoms. The number of aryl methyl sites for hydroxylation is 1. The van der Waals surface area contributed by atoms with E-state index in [1.165, 1.54) is 17.0 Å². The summed E-state index contributed by atoms with van der Waals surface area (Å²) in [5.41, 5.74) is 2.81. The van der Waals surface area contributed by atoms with Crippen molar-refractivity contribution in [2.24, 2.45) is 0 Å². The Bertz CT molecular complexity index is 922. The highest BCUT2D eigenvalue weighted by molar-refractivity contribution is 5.93. The van der Waals surface area contributed by atoms with E-state index < -0.39 is 0 Å². The summed E-state index contributed by atoms with van der Waals surface area (Å²) in [6, 6.07) is 12.2. The maximum Gasteiger partial charge on any atom is 0.322 e. The van der Waals surface area contributed by atoms with Crippen molar-refractivity contribution in [3.8, 4) is 11.1 Å². The lowest BCUT2D eigenvalue weighted by molar-refractivity contribution is 0.230. The standard InChI is InChI=1S/C19H18FN3O/c1-12-4-7-16(20)10-17(12)14-6-5-13-9-18(21-11-15(13)8-14)22-19(24)23(2)3/h4-11H,1-3H3,(H,21,22,24). The minimum absolute atomic E-state index is 0.228. The van der Waals surface area contributed by atoms with Gasteiger partial charge in [0.15, 0.2) is 0 Å². The molecule has 0 fully saturated rings. The third-order valence-electron chi connectivity index (χ3n) is 3.87. The lowest BCUT2D eigenvalue weighted by Crippen LogP contribution is -2.27. The monoisotopic (exact) mass is 323 g/mol. The summed E-state index contributed by atoms with van der Waals surface area (Å²) in [4.78, 5) is 17.4. The van der Waals surface area contributed by atoms with Crippen molar-refractivity contribution in [3.05, 3.63) is 60.0 Å². The van der Waals surface area contributed by atoms with E-state index in [4.69, 9.17) is 0 Å². The Morgan fingerprint density at radius 2 is 1.88 bits per heavy atom. The normalized spacial score (nSPS) is 10.7. The van der Waals surface area contributed by atoms with Gasteiger partial charge in [0, 0.05) is 25.7 Å². The van der Waals surface area contributed by atoms with Crippen LogP contribution in [0.25, 0.3) is 21.9 Å². The van der Waals surface area contributed by atoms with Gasteiger partial charge in [-0.1, -0.05) is 18.2 Å². The Balaban J connectivity index is 1.98. The number of rotatable bonds is 2. The fourth-order valence-electron chi connectivity index (χ4n) is 2.50. The highest BCUT2D eigenvalue weighted by atomic mass is 19.1. The zero-order chi connectivity index (χ0) is 17.3. The Morgan fingerprint density at radius 1 is 1.08 bits per heavy atom. The summed E-state index contributed by atoms with van der Waals surface area (Å²) in [6.07, 6.45) is 1.71. The quantitative estimate of drug-likeness (QED) is 0.757. The highest BCUT2D eigenvalue weighted by Gasteiger charge is 2.08. The molecule has 0 saturated heterocycles. The first-order valence-corrected chi connectivity index (χ1v) is 7.59. The zero-order valence-corrected chi connectivity index (χ0v) is 13.8. The van der Waals surface area contributed by atoms with Gasteiger partial charge < -0.3 is 4.90 Å². The number of aromatic nitrogens is 1. The zero-order valence-electron chi connectivity index (χ0n) is 13.8. The Labute approximate surface area is 139 Å². The van der Waals surface area contributed by atoms with E-state index in [0.717, 1.165) is 27.5 Å². The second-order valence-corrected chi connectivity index (χ2v) is 5.92. The average molecular weight is 323 g/mol. The van der Waals surface area contributed by atoms with Crippen LogP contribution in [0.4, 0.5) is 15.0 Å². The van der Waals surface area contributed by atoms with Gasteiger partial charge in [0.05, 0.1) is 0 Å². The number of hydrogen-bond donors (Lipinski definition) is 1. The van der Waals surface area contributed by atoms with Crippen LogP contribution < -0.4 is 5.32 Å². The van der Waals surface area contributed by atoms with E-state index in [9.17, 15) is 9.18 Å². The fraction of sp³-hybridized carbons (Fsp3) is 0.158. The first kappa shape index (κ1) is 15.9. The van der Waals surface area contributed by atoms with Gasteiger partial charge in [0.25, 0.3) is 0 Å². The predicted molar refractivity (Wildman–Crippen MR) is 94.6 cm³/mol. The number of carbonyl (C=O) groups is 1. The first-order chi connectivity index (χ1) is 11.4. The second kappa shape index (κ2) is 6.28. The molecule has 3 aromatic rings. The van der Waals surface area contributed by atoms with Crippen LogP contribution in [-0.4, -0.2) is 30.0 Å². The number of carbonyl (C=O) groups excluding carboxylic acids is 1. The van der Waals surface area contributed by atoms with E-state index in [-0.39, 0.29) is 11.8 Å². The van der Waals surface area contributed by atoms with E-state index in [2.05, 4.69) is 10.3 Å². The molecule has 2 aromatic carbocycles. The summed E-state index contributed by atoms with van der Waals surface area (Å²) in [7, 11) is 3.34. The van der Waals surface area contributed by atoms with Crippen LogP contribution in [0.2, 0.25) is 0 Å². The third-order valence-corrected chi connectivity index (χ3v) is 3.87. The number of halogens is 1. The number of nitrogens with zero attached hydrogens (tertiary/aromatic N) is 2. The molecule has 0 atom stereocenters. The van der Waals surface area contributed by atoms with E-state index in [1.807, 2.05) is 31.2 Å². The van der Waals surface area contributed by atoms with Crippen molar-refractivity contribution >= 4 is 22.6 Å². The first-order valence-electron chi connectivity index (χ1n) is 7.59. The predicted octanol–water partition coefficient (Wildman–Crippen LogP) is 4.44. The molecule has 2 amide bonds. The number of fused-ring (bicyclic) bond motifs is 1. The Kier molecular flexibility index (Phi) is 4.16. The van der Waals surface area contributed by atoms with Gasteiger partial charge in [-0.3, -0.25) is 5.32 Å². The van der Waals surface area contributed by atoms with Gasteiger partial charge in [-0.05, 0) is 53.3 Å². The van der Waals surface area contributed by atoms with E-state index in [0.29, 0.717) is 5.82 Å². The van der Waals surface area contributed by atoms with Gasteiger partial charge in [-0.15, -0.1) is 0 Å². The number of hydrogen-bond acceptors (Lipinski definition) is 2.